The molecule has 3 aliphatic heterocycles. The molecule has 0 aromatic heterocycles. The third-order valence-electron chi connectivity index (χ3n) is 6.26. The smallest absolute Gasteiger partial charge is 0.253 e. The Morgan fingerprint density at radius 2 is 1.61 bits per heavy atom. The van der Waals surface area contributed by atoms with Crippen LogP contribution in [0.15, 0.2) is 41.3 Å². The highest BCUT2D eigenvalue weighted by Gasteiger charge is 2.35. The molecule has 7 nitrogen and oxygen atoms in total. The molecule has 0 radical (unpaired) electrons. The molecule has 0 bridgehead atoms. The van der Waals surface area contributed by atoms with E-state index in [9.17, 15) is 18.0 Å². The molecular weight excluding hydrogens is 438 g/mol. The molecule has 5 rings (SSSR count). The zero-order valence-electron chi connectivity index (χ0n) is 16.9. The molecular formula is C22H22ClN3O4S. The summed E-state index contributed by atoms with van der Waals surface area (Å²) < 4.78 is 28.1. The summed E-state index contributed by atoms with van der Waals surface area (Å²) in [5.74, 6) is -0.0337. The van der Waals surface area contributed by atoms with Gasteiger partial charge in [0.05, 0.1) is 10.6 Å². The van der Waals surface area contributed by atoms with Gasteiger partial charge in [-0.25, -0.2) is 8.42 Å². The lowest BCUT2D eigenvalue weighted by Crippen LogP contribution is -2.50. The highest BCUT2D eigenvalue weighted by atomic mass is 35.5. The Kier molecular flexibility index (Phi) is 5.03. The molecule has 1 fully saturated rings. The quantitative estimate of drug-likeness (QED) is 0.705. The van der Waals surface area contributed by atoms with Crippen LogP contribution in [0, 0.1) is 0 Å². The Morgan fingerprint density at radius 1 is 0.903 bits per heavy atom. The predicted molar refractivity (Wildman–Crippen MR) is 117 cm³/mol. The second kappa shape index (κ2) is 7.62. The first-order valence-corrected chi connectivity index (χ1v) is 12.2. The topological polar surface area (TPSA) is 78.0 Å². The van der Waals surface area contributed by atoms with E-state index in [1.165, 1.54) is 4.31 Å². The van der Waals surface area contributed by atoms with Crippen molar-refractivity contribution in [2.75, 3.05) is 37.6 Å². The van der Waals surface area contributed by atoms with Gasteiger partial charge in [-0.3, -0.25) is 9.59 Å². The molecule has 1 saturated heterocycles. The van der Waals surface area contributed by atoms with Crippen molar-refractivity contribution >= 4 is 39.1 Å². The Bertz CT molecular complexity index is 1190. The summed E-state index contributed by atoms with van der Waals surface area (Å²) in [6, 6.07) is 10.2. The van der Waals surface area contributed by atoms with E-state index in [0.29, 0.717) is 49.5 Å². The Hall–Kier alpha value is -2.42. The van der Waals surface area contributed by atoms with Crippen LogP contribution in [0.25, 0.3) is 0 Å². The minimum Gasteiger partial charge on any atom is -0.336 e. The monoisotopic (exact) mass is 459 g/mol. The highest BCUT2D eigenvalue weighted by molar-refractivity contribution is 7.89. The van der Waals surface area contributed by atoms with Crippen LogP contribution in [0.4, 0.5) is 5.69 Å². The average molecular weight is 460 g/mol. The fourth-order valence-corrected chi connectivity index (χ4v) is 6.37. The number of nitrogens with zero attached hydrogens (tertiary/aromatic N) is 3. The molecule has 31 heavy (non-hydrogen) atoms. The number of benzene rings is 2. The van der Waals surface area contributed by atoms with Crippen molar-refractivity contribution in [1.82, 2.24) is 9.21 Å². The van der Waals surface area contributed by atoms with Gasteiger partial charge in [-0.05, 0) is 54.3 Å². The minimum absolute atomic E-state index is 0.113. The van der Waals surface area contributed by atoms with Crippen LogP contribution in [0.5, 0.6) is 0 Å². The molecule has 2 amide bonds. The fourth-order valence-electron chi connectivity index (χ4n) is 4.66. The second-order valence-corrected chi connectivity index (χ2v) is 10.5. The van der Waals surface area contributed by atoms with Crippen molar-refractivity contribution in [2.24, 2.45) is 0 Å². The van der Waals surface area contributed by atoms with Crippen LogP contribution < -0.4 is 4.90 Å². The van der Waals surface area contributed by atoms with Gasteiger partial charge in [0.25, 0.3) is 5.91 Å². The van der Waals surface area contributed by atoms with Crippen molar-refractivity contribution in [3.63, 3.8) is 0 Å². The van der Waals surface area contributed by atoms with Gasteiger partial charge in [-0.2, -0.15) is 4.31 Å². The largest absolute Gasteiger partial charge is 0.336 e. The third-order valence-corrected chi connectivity index (χ3v) is 8.37. The maximum absolute atomic E-state index is 13.3. The van der Waals surface area contributed by atoms with E-state index in [2.05, 4.69) is 0 Å². The van der Waals surface area contributed by atoms with Crippen molar-refractivity contribution in [3.05, 3.63) is 58.1 Å². The summed E-state index contributed by atoms with van der Waals surface area (Å²) in [4.78, 5) is 28.6. The number of carbonyl (C=O) groups excluding carboxylic acids is 2. The van der Waals surface area contributed by atoms with Gasteiger partial charge < -0.3 is 9.80 Å². The van der Waals surface area contributed by atoms with E-state index in [1.807, 2.05) is 0 Å². The van der Waals surface area contributed by atoms with Gasteiger partial charge in [0.2, 0.25) is 15.9 Å². The molecule has 2 aromatic carbocycles. The molecule has 162 valence electrons. The minimum atomic E-state index is -3.67. The molecule has 2 aromatic rings. The van der Waals surface area contributed by atoms with Crippen molar-refractivity contribution in [2.45, 2.75) is 24.2 Å². The number of anilines is 1. The number of aryl methyl sites for hydroxylation is 1. The zero-order chi connectivity index (χ0) is 21.8. The number of hydrogen-bond acceptors (Lipinski definition) is 4. The van der Waals surface area contributed by atoms with Gasteiger partial charge >= 0.3 is 0 Å². The van der Waals surface area contributed by atoms with Crippen LogP contribution in [-0.2, 0) is 27.7 Å². The van der Waals surface area contributed by atoms with E-state index >= 15 is 0 Å². The number of rotatable bonds is 3. The SMILES string of the molecule is O=C(c1cccc(Cl)c1)N1CCN(S(=O)(=O)c2cc3c4c(c2)CCN4C(=O)CC3)CC1. The summed E-state index contributed by atoms with van der Waals surface area (Å²) in [5, 5.41) is 0.493. The number of hydrogen-bond donors (Lipinski definition) is 0. The summed E-state index contributed by atoms with van der Waals surface area (Å²) in [6.07, 6.45) is 1.67. The molecule has 0 aliphatic carbocycles. The Balaban J connectivity index is 1.34. The normalized spacial score (nSPS) is 18.9. The van der Waals surface area contributed by atoms with E-state index in [0.717, 1.165) is 16.8 Å². The van der Waals surface area contributed by atoms with Gasteiger partial charge in [-0.15, -0.1) is 0 Å². The maximum Gasteiger partial charge on any atom is 0.253 e. The van der Waals surface area contributed by atoms with Crippen molar-refractivity contribution < 1.29 is 18.0 Å². The van der Waals surface area contributed by atoms with Gasteiger partial charge in [0.15, 0.2) is 0 Å². The van der Waals surface area contributed by atoms with Crippen LogP contribution >= 0.6 is 11.6 Å². The zero-order valence-corrected chi connectivity index (χ0v) is 18.5. The van der Waals surface area contributed by atoms with Crippen LogP contribution in [0.1, 0.15) is 27.9 Å². The van der Waals surface area contributed by atoms with Crippen LogP contribution in [0.3, 0.4) is 0 Å². The van der Waals surface area contributed by atoms with Crippen LogP contribution in [0.2, 0.25) is 5.02 Å². The lowest BCUT2D eigenvalue weighted by molar-refractivity contribution is -0.118. The lowest BCUT2D eigenvalue weighted by Gasteiger charge is -2.34. The first-order valence-electron chi connectivity index (χ1n) is 10.4. The van der Waals surface area contributed by atoms with Gasteiger partial charge in [0, 0.05) is 49.7 Å². The number of halogens is 1. The summed E-state index contributed by atoms with van der Waals surface area (Å²) in [5.41, 5.74) is 3.27. The summed E-state index contributed by atoms with van der Waals surface area (Å²) >= 11 is 5.98. The number of amides is 2. The maximum atomic E-state index is 13.3. The first kappa shape index (κ1) is 20.5. The molecule has 3 aliphatic rings. The number of sulfonamides is 1. The lowest BCUT2D eigenvalue weighted by atomic mass is 10.00. The van der Waals surface area contributed by atoms with Gasteiger partial charge in [0.1, 0.15) is 0 Å². The molecule has 0 unspecified atom stereocenters. The van der Waals surface area contributed by atoms with E-state index in [-0.39, 0.29) is 29.8 Å². The molecule has 0 N–H and O–H groups in total. The predicted octanol–water partition coefficient (Wildman–Crippen LogP) is 2.32. The second-order valence-electron chi connectivity index (χ2n) is 8.09. The van der Waals surface area contributed by atoms with Crippen molar-refractivity contribution in [3.8, 4) is 0 Å². The van der Waals surface area contributed by atoms with E-state index in [4.69, 9.17) is 11.6 Å². The third kappa shape index (κ3) is 3.52. The number of carbonyl (C=O) groups is 2. The molecule has 3 heterocycles. The molecule has 0 saturated carbocycles. The molecule has 9 heteroatoms. The van der Waals surface area contributed by atoms with Crippen molar-refractivity contribution in [1.29, 1.82) is 0 Å². The number of piperazine rings is 1. The summed E-state index contributed by atoms with van der Waals surface area (Å²) in [6.45, 7) is 1.75. The Labute approximate surface area is 186 Å². The van der Waals surface area contributed by atoms with E-state index in [1.54, 1.807) is 46.2 Å². The fraction of sp³-hybridized carbons (Fsp3) is 0.364. The molecule has 0 atom stereocenters. The highest BCUT2D eigenvalue weighted by Crippen LogP contribution is 2.39. The first-order chi connectivity index (χ1) is 14.8. The molecule has 0 spiro atoms. The standard InChI is InChI=1S/C22H22ClN3O4S/c23-18-3-1-2-17(12-18)22(28)24-8-10-25(11-9-24)31(29,30)19-13-15-4-5-20(27)26-7-6-16(14-19)21(15)26/h1-3,12-14H,4-11H2. The van der Waals surface area contributed by atoms with Gasteiger partial charge in [-0.1, -0.05) is 17.7 Å². The van der Waals surface area contributed by atoms with Crippen LogP contribution in [-0.4, -0.2) is 62.2 Å². The Morgan fingerprint density at radius 3 is 2.32 bits per heavy atom. The summed E-state index contributed by atoms with van der Waals surface area (Å²) in [7, 11) is -3.67. The average Bonchev–Trinajstić information content (AvgIpc) is 3.21. The van der Waals surface area contributed by atoms with E-state index < -0.39 is 10.0 Å².